The van der Waals surface area contributed by atoms with Crippen LogP contribution in [0.25, 0.3) is 22.2 Å². The van der Waals surface area contributed by atoms with E-state index >= 15 is 0 Å². The molecule has 3 nitrogen and oxygen atoms in total. The highest BCUT2D eigenvalue weighted by molar-refractivity contribution is 9.10. The molecular formula is C29H29BrN2O. The summed E-state index contributed by atoms with van der Waals surface area (Å²) in [5.74, 6) is -0.109. The van der Waals surface area contributed by atoms with E-state index in [-0.39, 0.29) is 17.4 Å². The number of amides is 1. The van der Waals surface area contributed by atoms with Gasteiger partial charge in [-0.05, 0) is 60.7 Å². The molecule has 4 aromatic rings. The molecule has 0 aliphatic carbocycles. The van der Waals surface area contributed by atoms with Crippen molar-refractivity contribution in [3.8, 4) is 11.3 Å². The first-order valence-electron chi connectivity index (χ1n) is 11.2. The van der Waals surface area contributed by atoms with Crippen molar-refractivity contribution in [2.24, 2.45) is 0 Å². The van der Waals surface area contributed by atoms with E-state index in [1.807, 2.05) is 43.3 Å². The van der Waals surface area contributed by atoms with Crippen molar-refractivity contribution in [2.75, 3.05) is 0 Å². The van der Waals surface area contributed by atoms with Gasteiger partial charge in [0, 0.05) is 15.4 Å². The van der Waals surface area contributed by atoms with Crippen LogP contribution in [0.2, 0.25) is 0 Å². The van der Waals surface area contributed by atoms with Crippen LogP contribution in [0.3, 0.4) is 0 Å². The molecule has 4 heteroatoms. The Labute approximate surface area is 204 Å². The van der Waals surface area contributed by atoms with Crippen LogP contribution in [0.1, 0.15) is 60.8 Å². The number of rotatable bonds is 4. The van der Waals surface area contributed by atoms with Crippen LogP contribution < -0.4 is 5.32 Å². The number of carbonyl (C=O) groups excluding carboxylic acids is 1. The number of aromatic nitrogens is 1. The van der Waals surface area contributed by atoms with Crippen LogP contribution in [-0.4, -0.2) is 10.9 Å². The van der Waals surface area contributed by atoms with Crippen LogP contribution in [0, 0.1) is 6.92 Å². The number of hydrogen-bond acceptors (Lipinski definition) is 2. The van der Waals surface area contributed by atoms with Crippen molar-refractivity contribution < 1.29 is 4.79 Å². The van der Waals surface area contributed by atoms with Gasteiger partial charge in [-0.25, -0.2) is 4.98 Å². The molecule has 0 aliphatic heterocycles. The molecule has 1 amide bonds. The molecule has 0 unspecified atom stereocenters. The maximum atomic E-state index is 13.5. The molecule has 1 N–H and O–H groups in total. The summed E-state index contributed by atoms with van der Waals surface area (Å²) in [7, 11) is 0. The smallest absolute Gasteiger partial charge is 0.252 e. The number of aryl methyl sites for hydroxylation is 1. The second-order valence-corrected chi connectivity index (χ2v) is 10.6. The van der Waals surface area contributed by atoms with Crippen molar-refractivity contribution in [1.29, 1.82) is 0 Å². The number of pyridine rings is 1. The fraction of sp³-hybridized carbons (Fsp3) is 0.241. The molecule has 3 aromatic carbocycles. The predicted molar refractivity (Wildman–Crippen MR) is 141 cm³/mol. The van der Waals surface area contributed by atoms with Crippen LogP contribution in [0.4, 0.5) is 0 Å². The lowest BCUT2D eigenvalue weighted by Gasteiger charge is -2.21. The fourth-order valence-corrected chi connectivity index (χ4v) is 4.33. The zero-order valence-electron chi connectivity index (χ0n) is 19.7. The van der Waals surface area contributed by atoms with Crippen molar-refractivity contribution >= 4 is 32.7 Å². The quantitative estimate of drug-likeness (QED) is 0.311. The lowest BCUT2D eigenvalue weighted by atomic mass is 9.86. The van der Waals surface area contributed by atoms with Gasteiger partial charge in [0.25, 0.3) is 5.91 Å². The minimum absolute atomic E-state index is 0.0978. The Bertz CT molecular complexity index is 1320. The lowest BCUT2D eigenvalue weighted by molar-refractivity contribution is 0.0941. The first-order valence-corrected chi connectivity index (χ1v) is 12.0. The van der Waals surface area contributed by atoms with Gasteiger partial charge >= 0.3 is 0 Å². The highest BCUT2D eigenvalue weighted by Crippen LogP contribution is 2.29. The molecule has 0 radical (unpaired) electrons. The van der Waals surface area contributed by atoms with E-state index in [4.69, 9.17) is 4.98 Å². The maximum absolute atomic E-state index is 13.5. The van der Waals surface area contributed by atoms with Gasteiger partial charge in [0.1, 0.15) is 0 Å². The minimum Gasteiger partial charge on any atom is -0.345 e. The standard InChI is InChI=1S/C29H29BrN2O/c1-18-7-6-8-21(15-18)27-17-25(24-16-23(30)13-14-26(24)32-27)28(33)31-19(2)20-9-11-22(12-10-20)29(3,4)5/h6-17,19H,1-5H3,(H,31,33)/t19-/m0/s1. The molecule has 4 rings (SSSR count). The average Bonchev–Trinajstić information content (AvgIpc) is 2.77. The summed E-state index contributed by atoms with van der Waals surface area (Å²) < 4.78 is 0.917. The van der Waals surface area contributed by atoms with E-state index in [0.29, 0.717) is 5.56 Å². The van der Waals surface area contributed by atoms with Gasteiger partial charge in [0.2, 0.25) is 0 Å². The highest BCUT2D eigenvalue weighted by Gasteiger charge is 2.18. The number of nitrogens with one attached hydrogen (secondary N) is 1. The van der Waals surface area contributed by atoms with Gasteiger partial charge < -0.3 is 5.32 Å². The maximum Gasteiger partial charge on any atom is 0.252 e. The van der Waals surface area contributed by atoms with Gasteiger partial charge in [-0.15, -0.1) is 0 Å². The molecule has 0 spiro atoms. The average molecular weight is 501 g/mol. The summed E-state index contributed by atoms with van der Waals surface area (Å²) in [5.41, 5.74) is 6.82. The summed E-state index contributed by atoms with van der Waals surface area (Å²) in [4.78, 5) is 18.3. The minimum atomic E-state index is -0.121. The van der Waals surface area contributed by atoms with E-state index in [1.165, 1.54) is 5.56 Å². The SMILES string of the molecule is Cc1cccc(-c2cc(C(=O)N[C@@H](C)c3ccc(C(C)(C)C)cc3)c3cc(Br)ccc3n2)c1. The van der Waals surface area contributed by atoms with Crippen molar-refractivity contribution in [3.63, 3.8) is 0 Å². The number of benzene rings is 3. The predicted octanol–water partition coefficient (Wildman–Crippen LogP) is 7.76. The third-order valence-corrected chi connectivity index (χ3v) is 6.45. The summed E-state index contributed by atoms with van der Waals surface area (Å²) >= 11 is 3.54. The van der Waals surface area contributed by atoms with Gasteiger partial charge in [-0.2, -0.15) is 0 Å². The number of nitrogens with zero attached hydrogens (tertiary/aromatic N) is 1. The van der Waals surface area contributed by atoms with E-state index in [9.17, 15) is 4.79 Å². The van der Waals surface area contributed by atoms with Gasteiger partial charge in [0.15, 0.2) is 0 Å². The Morgan fingerprint density at radius 1 is 0.970 bits per heavy atom. The summed E-state index contributed by atoms with van der Waals surface area (Å²) in [6, 6.07) is 24.3. The largest absolute Gasteiger partial charge is 0.345 e. The molecule has 0 aliphatic rings. The van der Waals surface area contributed by atoms with Crippen LogP contribution >= 0.6 is 15.9 Å². The van der Waals surface area contributed by atoms with Crippen molar-refractivity contribution in [2.45, 2.75) is 46.1 Å². The second kappa shape index (κ2) is 9.11. The fourth-order valence-electron chi connectivity index (χ4n) is 3.97. The van der Waals surface area contributed by atoms with Crippen LogP contribution in [-0.2, 0) is 5.41 Å². The number of fused-ring (bicyclic) bond motifs is 1. The normalized spacial score (nSPS) is 12.5. The van der Waals surface area contributed by atoms with E-state index in [1.54, 1.807) is 0 Å². The van der Waals surface area contributed by atoms with E-state index in [2.05, 4.69) is 85.3 Å². The van der Waals surface area contributed by atoms with Crippen LogP contribution in [0.5, 0.6) is 0 Å². The zero-order chi connectivity index (χ0) is 23.8. The second-order valence-electron chi connectivity index (χ2n) is 9.65. The Kier molecular flexibility index (Phi) is 6.40. The van der Waals surface area contributed by atoms with Gasteiger partial charge in [-0.3, -0.25) is 4.79 Å². The molecule has 1 atom stereocenters. The summed E-state index contributed by atoms with van der Waals surface area (Å²) in [6.45, 7) is 10.7. The third kappa shape index (κ3) is 5.17. The molecule has 0 saturated carbocycles. The molecule has 0 fully saturated rings. The van der Waals surface area contributed by atoms with E-state index in [0.717, 1.165) is 37.8 Å². The molecule has 0 bridgehead atoms. The third-order valence-electron chi connectivity index (χ3n) is 5.95. The van der Waals surface area contributed by atoms with Crippen molar-refractivity contribution in [3.05, 3.63) is 99.5 Å². The molecule has 1 heterocycles. The molecule has 0 saturated heterocycles. The Morgan fingerprint density at radius 3 is 2.36 bits per heavy atom. The molecule has 1 aromatic heterocycles. The first-order chi connectivity index (χ1) is 15.6. The summed E-state index contributed by atoms with van der Waals surface area (Å²) in [5, 5.41) is 4.02. The summed E-state index contributed by atoms with van der Waals surface area (Å²) in [6.07, 6.45) is 0. The Balaban J connectivity index is 1.70. The number of halogens is 1. The van der Waals surface area contributed by atoms with Crippen LogP contribution in [0.15, 0.2) is 77.3 Å². The topological polar surface area (TPSA) is 42.0 Å². The molecular weight excluding hydrogens is 472 g/mol. The van der Waals surface area contributed by atoms with Gasteiger partial charge in [0.05, 0.1) is 22.8 Å². The zero-order valence-corrected chi connectivity index (χ0v) is 21.3. The first kappa shape index (κ1) is 23.2. The number of carbonyl (C=O) groups is 1. The highest BCUT2D eigenvalue weighted by atomic mass is 79.9. The van der Waals surface area contributed by atoms with Gasteiger partial charge in [-0.1, -0.05) is 84.7 Å². The Hall–Kier alpha value is -2.98. The van der Waals surface area contributed by atoms with E-state index < -0.39 is 0 Å². The number of hydrogen-bond donors (Lipinski definition) is 1. The molecule has 168 valence electrons. The van der Waals surface area contributed by atoms with Crippen molar-refractivity contribution in [1.82, 2.24) is 10.3 Å². The Morgan fingerprint density at radius 2 is 1.70 bits per heavy atom. The lowest BCUT2D eigenvalue weighted by Crippen LogP contribution is -2.27. The monoisotopic (exact) mass is 500 g/mol. The molecule has 33 heavy (non-hydrogen) atoms.